The van der Waals surface area contributed by atoms with Crippen LogP contribution in [0.4, 0.5) is 0 Å². The predicted octanol–water partition coefficient (Wildman–Crippen LogP) is 11.9. The fraction of sp³-hybridized carbons (Fsp3) is 0.0698. The van der Waals surface area contributed by atoms with Gasteiger partial charge in [-0.1, -0.05) is 135 Å². The highest BCUT2D eigenvalue weighted by atomic mass is 14.4. The first-order chi connectivity index (χ1) is 21.1. The zero-order valence-electron chi connectivity index (χ0n) is 24.4. The lowest BCUT2D eigenvalue weighted by atomic mass is 9.79. The topological polar surface area (TPSA) is 0 Å². The molecule has 0 nitrogen and oxygen atoms in total. The molecule has 0 N–H and O–H groups in total. The fourth-order valence-electron chi connectivity index (χ4n) is 7.68. The minimum atomic E-state index is -0.0739. The van der Waals surface area contributed by atoms with Gasteiger partial charge < -0.3 is 0 Å². The van der Waals surface area contributed by atoms with E-state index in [2.05, 4.69) is 159 Å². The van der Waals surface area contributed by atoms with Crippen LogP contribution < -0.4 is 0 Å². The highest BCUT2D eigenvalue weighted by Crippen LogP contribution is 2.53. The van der Waals surface area contributed by atoms with Gasteiger partial charge in [0.15, 0.2) is 0 Å². The van der Waals surface area contributed by atoms with E-state index >= 15 is 0 Å². The highest BCUT2D eigenvalue weighted by molar-refractivity contribution is 6.23. The molecule has 202 valence electrons. The summed E-state index contributed by atoms with van der Waals surface area (Å²) in [5.74, 6) is 0. The van der Waals surface area contributed by atoms with Gasteiger partial charge in [-0.2, -0.15) is 0 Å². The Labute approximate surface area is 251 Å². The summed E-state index contributed by atoms with van der Waals surface area (Å²) in [7, 11) is 0. The van der Waals surface area contributed by atoms with Crippen molar-refractivity contribution in [3.8, 4) is 33.4 Å². The van der Waals surface area contributed by atoms with Gasteiger partial charge in [-0.25, -0.2) is 0 Å². The quantitative estimate of drug-likeness (QED) is 0.189. The normalized spacial score (nSPS) is 13.5. The van der Waals surface area contributed by atoms with Gasteiger partial charge in [-0.05, 0) is 112 Å². The van der Waals surface area contributed by atoms with Gasteiger partial charge in [0, 0.05) is 5.41 Å². The van der Waals surface area contributed by atoms with E-state index in [0.29, 0.717) is 0 Å². The molecule has 8 aromatic carbocycles. The van der Waals surface area contributed by atoms with Crippen LogP contribution in [-0.2, 0) is 5.41 Å². The summed E-state index contributed by atoms with van der Waals surface area (Å²) in [6, 6.07) is 54.3. The zero-order chi connectivity index (χ0) is 28.7. The first-order valence-electron chi connectivity index (χ1n) is 15.2. The molecule has 0 aliphatic heterocycles. The van der Waals surface area contributed by atoms with E-state index in [1.54, 1.807) is 0 Å². The second-order valence-electron chi connectivity index (χ2n) is 12.5. The molecule has 0 aromatic heterocycles. The van der Waals surface area contributed by atoms with Crippen LogP contribution in [0, 0.1) is 0 Å². The van der Waals surface area contributed by atoms with E-state index in [9.17, 15) is 0 Å². The van der Waals surface area contributed by atoms with E-state index in [4.69, 9.17) is 0 Å². The van der Waals surface area contributed by atoms with Gasteiger partial charge in [-0.3, -0.25) is 0 Å². The maximum Gasteiger partial charge on any atom is 0.0159 e. The third-order valence-electron chi connectivity index (χ3n) is 9.80. The number of hydrogen-bond donors (Lipinski definition) is 0. The Morgan fingerprint density at radius 1 is 0.349 bits per heavy atom. The van der Waals surface area contributed by atoms with Crippen LogP contribution in [-0.4, -0.2) is 0 Å². The Kier molecular flexibility index (Phi) is 5.05. The molecule has 0 saturated heterocycles. The number of rotatable bonds is 2. The molecule has 1 aliphatic rings. The van der Waals surface area contributed by atoms with E-state index in [-0.39, 0.29) is 5.41 Å². The molecule has 0 atom stereocenters. The van der Waals surface area contributed by atoms with E-state index in [1.165, 1.54) is 87.6 Å². The molecule has 0 spiro atoms. The standard InChI is InChI=1S/C43H30/c1-43(2)39-18-10-9-15-33(39)36-25-37-38(26-40(36)43)42(32-22-20-28-12-4-6-14-30(28)24-32)35-17-8-7-16-34(35)41(37)31-21-19-27-11-3-5-13-29(27)23-31/h3-26H,1-2H3. The second kappa shape index (κ2) is 8.90. The molecule has 0 heteroatoms. The summed E-state index contributed by atoms with van der Waals surface area (Å²) in [6.45, 7) is 4.76. The van der Waals surface area contributed by atoms with Crippen molar-refractivity contribution in [1.82, 2.24) is 0 Å². The average Bonchev–Trinajstić information content (AvgIpc) is 3.27. The number of benzene rings is 8. The molecule has 0 saturated carbocycles. The van der Waals surface area contributed by atoms with Gasteiger partial charge in [0.1, 0.15) is 0 Å². The molecular weight excluding hydrogens is 516 g/mol. The first-order valence-corrected chi connectivity index (χ1v) is 15.2. The lowest BCUT2D eigenvalue weighted by Gasteiger charge is -2.24. The smallest absolute Gasteiger partial charge is 0.0159 e. The Hall–Kier alpha value is -5.20. The number of hydrogen-bond acceptors (Lipinski definition) is 0. The Morgan fingerprint density at radius 3 is 1.44 bits per heavy atom. The molecule has 1 aliphatic carbocycles. The monoisotopic (exact) mass is 546 g/mol. The molecule has 0 bridgehead atoms. The Balaban J connectivity index is 1.47. The minimum Gasteiger partial charge on any atom is -0.0619 e. The van der Waals surface area contributed by atoms with Crippen molar-refractivity contribution in [2.24, 2.45) is 0 Å². The van der Waals surface area contributed by atoms with Crippen LogP contribution in [0.5, 0.6) is 0 Å². The van der Waals surface area contributed by atoms with Crippen LogP contribution >= 0.6 is 0 Å². The molecule has 0 fully saturated rings. The molecule has 0 radical (unpaired) electrons. The van der Waals surface area contributed by atoms with Crippen LogP contribution in [0.2, 0.25) is 0 Å². The van der Waals surface area contributed by atoms with Gasteiger partial charge in [-0.15, -0.1) is 0 Å². The van der Waals surface area contributed by atoms with Crippen LogP contribution in [0.15, 0.2) is 146 Å². The largest absolute Gasteiger partial charge is 0.0619 e. The van der Waals surface area contributed by atoms with Gasteiger partial charge >= 0.3 is 0 Å². The van der Waals surface area contributed by atoms with Crippen LogP contribution in [0.25, 0.3) is 76.5 Å². The van der Waals surface area contributed by atoms with Crippen LogP contribution in [0.1, 0.15) is 25.0 Å². The zero-order valence-corrected chi connectivity index (χ0v) is 24.4. The van der Waals surface area contributed by atoms with Crippen molar-refractivity contribution in [3.05, 3.63) is 157 Å². The molecule has 9 rings (SSSR count). The Morgan fingerprint density at radius 2 is 0.837 bits per heavy atom. The maximum absolute atomic E-state index is 2.52. The highest BCUT2D eigenvalue weighted by Gasteiger charge is 2.36. The fourth-order valence-corrected chi connectivity index (χ4v) is 7.68. The summed E-state index contributed by atoms with van der Waals surface area (Å²) in [4.78, 5) is 0. The molecule has 43 heavy (non-hydrogen) atoms. The summed E-state index contributed by atoms with van der Waals surface area (Å²) in [5.41, 5.74) is 10.6. The summed E-state index contributed by atoms with van der Waals surface area (Å²) in [6.07, 6.45) is 0. The van der Waals surface area contributed by atoms with Crippen molar-refractivity contribution >= 4 is 43.1 Å². The third-order valence-corrected chi connectivity index (χ3v) is 9.80. The molecule has 8 aromatic rings. The van der Waals surface area contributed by atoms with Crippen molar-refractivity contribution in [2.75, 3.05) is 0 Å². The van der Waals surface area contributed by atoms with Crippen molar-refractivity contribution in [2.45, 2.75) is 19.3 Å². The summed E-state index contributed by atoms with van der Waals surface area (Å²) in [5, 5.41) is 10.3. The van der Waals surface area contributed by atoms with Gasteiger partial charge in [0.2, 0.25) is 0 Å². The lowest BCUT2D eigenvalue weighted by molar-refractivity contribution is 0.661. The molecule has 0 amide bonds. The predicted molar refractivity (Wildman–Crippen MR) is 185 cm³/mol. The maximum atomic E-state index is 2.52. The minimum absolute atomic E-state index is 0.0739. The summed E-state index contributed by atoms with van der Waals surface area (Å²) < 4.78 is 0. The van der Waals surface area contributed by atoms with Gasteiger partial charge in [0.25, 0.3) is 0 Å². The molecular formula is C43H30. The van der Waals surface area contributed by atoms with E-state index in [0.717, 1.165) is 0 Å². The molecule has 0 heterocycles. The number of fused-ring (bicyclic) bond motifs is 7. The Bertz CT molecular complexity index is 2420. The second-order valence-corrected chi connectivity index (χ2v) is 12.5. The van der Waals surface area contributed by atoms with Gasteiger partial charge in [0.05, 0.1) is 0 Å². The average molecular weight is 547 g/mol. The molecule has 0 unspecified atom stereocenters. The third kappa shape index (κ3) is 3.50. The summed E-state index contributed by atoms with van der Waals surface area (Å²) >= 11 is 0. The SMILES string of the molecule is CC1(C)c2ccccc2-c2cc3c(-c4ccc5ccccc5c4)c4ccccc4c(-c4ccc5ccccc5c4)c3cc21. The van der Waals surface area contributed by atoms with Crippen LogP contribution in [0.3, 0.4) is 0 Å². The van der Waals surface area contributed by atoms with E-state index < -0.39 is 0 Å². The first kappa shape index (κ1) is 24.4. The van der Waals surface area contributed by atoms with Crippen molar-refractivity contribution in [3.63, 3.8) is 0 Å². The van der Waals surface area contributed by atoms with Crippen molar-refractivity contribution in [1.29, 1.82) is 0 Å². The van der Waals surface area contributed by atoms with Crippen molar-refractivity contribution < 1.29 is 0 Å². The lowest BCUT2D eigenvalue weighted by Crippen LogP contribution is -2.14. The van der Waals surface area contributed by atoms with E-state index in [1.807, 2.05) is 0 Å².